The Labute approximate surface area is 192 Å². The number of halogens is 3. The van der Waals surface area contributed by atoms with Crippen LogP contribution in [0.5, 0.6) is 0 Å². The van der Waals surface area contributed by atoms with Crippen LogP contribution >= 0.6 is 47.9 Å². The predicted molar refractivity (Wildman–Crippen MR) is 129 cm³/mol. The Morgan fingerprint density at radius 1 is 1.34 bits per heavy atom. The van der Waals surface area contributed by atoms with Gasteiger partial charge in [0.15, 0.2) is 0 Å². The molecule has 0 aromatic carbocycles. The maximum absolute atomic E-state index is 14.6. The lowest BCUT2D eigenvalue weighted by atomic mass is 10.1. The average Bonchev–Trinajstić information content (AvgIpc) is 2.94. The molecule has 0 spiro atoms. The van der Waals surface area contributed by atoms with Gasteiger partial charge in [0.05, 0.1) is 16.3 Å². The molecule has 1 N–H and O–H groups in total. The minimum absolute atomic E-state index is 0. The van der Waals surface area contributed by atoms with Gasteiger partial charge in [-0.05, 0) is 44.5 Å². The number of hydrogen-bond acceptors (Lipinski definition) is 6. The lowest BCUT2D eigenvalue weighted by Crippen LogP contribution is -2.52. The summed E-state index contributed by atoms with van der Waals surface area (Å²) in [5.74, 6) is 0.921. The van der Waals surface area contributed by atoms with Crippen molar-refractivity contribution in [2.75, 3.05) is 44.0 Å². The second kappa shape index (κ2) is 10.4. The van der Waals surface area contributed by atoms with Crippen LogP contribution in [0.2, 0.25) is 0 Å². The van der Waals surface area contributed by atoms with E-state index < -0.39 is 0 Å². The zero-order valence-corrected chi connectivity index (χ0v) is 20.0. The van der Waals surface area contributed by atoms with E-state index in [0.29, 0.717) is 11.3 Å². The molecule has 0 saturated carbocycles. The van der Waals surface area contributed by atoms with Crippen molar-refractivity contribution in [1.82, 2.24) is 14.8 Å². The lowest BCUT2D eigenvalue weighted by molar-refractivity contribution is 0.132. The van der Waals surface area contributed by atoms with E-state index in [9.17, 15) is 4.39 Å². The summed E-state index contributed by atoms with van der Waals surface area (Å²) in [5, 5.41) is 5.68. The molecule has 4 nitrogen and oxygen atoms in total. The van der Waals surface area contributed by atoms with Gasteiger partial charge in [-0.25, -0.2) is 4.39 Å². The zero-order valence-electron chi connectivity index (χ0n) is 16.8. The number of thioether (sulfide) groups is 1. The van der Waals surface area contributed by atoms with Crippen molar-refractivity contribution in [3.63, 3.8) is 0 Å². The van der Waals surface area contributed by atoms with Crippen LogP contribution in [-0.4, -0.2) is 59.5 Å². The van der Waals surface area contributed by atoms with Crippen molar-refractivity contribution in [2.45, 2.75) is 19.4 Å². The summed E-state index contributed by atoms with van der Waals surface area (Å²) in [7, 11) is 2.21. The Hall–Kier alpha value is -0.990. The SMILES string of the molecule is CSCCC1CN(C2=c3nccc(F)c3=CNc3sc(C)cc32)CCN1C.Cl.Cl. The van der Waals surface area contributed by atoms with Gasteiger partial charge < -0.3 is 10.2 Å². The number of pyridine rings is 1. The fraction of sp³-hybridized carbons (Fsp3) is 0.450. The van der Waals surface area contributed by atoms with Gasteiger partial charge >= 0.3 is 0 Å². The van der Waals surface area contributed by atoms with E-state index >= 15 is 0 Å². The van der Waals surface area contributed by atoms with Gasteiger partial charge in [0.1, 0.15) is 10.8 Å². The second-order valence-electron chi connectivity index (χ2n) is 7.15. The summed E-state index contributed by atoms with van der Waals surface area (Å²) in [6, 6.07) is 4.14. The molecule has 0 bridgehead atoms. The van der Waals surface area contributed by atoms with Crippen molar-refractivity contribution in [3.8, 4) is 0 Å². The lowest BCUT2D eigenvalue weighted by Gasteiger charge is -2.41. The fourth-order valence-corrected chi connectivity index (χ4v) is 5.26. The molecule has 4 heterocycles. The van der Waals surface area contributed by atoms with Crippen LogP contribution in [0.1, 0.15) is 16.9 Å². The Morgan fingerprint density at radius 2 is 2.14 bits per heavy atom. The molecule has 2 aromatic rings. The molecule has 1 unspecified atom stereocenters. The molecule has 1 saturated heterocycles. The van der Waals surface area contributed by atoms with Crippen LogP contribution < -0.4 is 15.9 Å². The van der Waals surface area contributed by atoms with Crippen LogP contribution in [0.15, 0.2) is 18.3 Å². The van der Waals surface area contributed by atoms with Crippen LogP contribution in [0.3, 0.4) is 0 Å². The van der Waals surface area contributed by atoms with Gasteiger partial charge in [0, 0.05) is 48.5 Å². The summed E-state index contributed by atoms with van der Waals surface area (Å²) in [6.07, 6.45) is 6.66. The minimum atomic E-state index is -0.232. The van der Waals surface area contributed by atoms with E-state index in [-0.39, 0.29) is 30.6 Å². The maximum atomic E-state index is 14.6. The molecule has 4 rings (SSSR count). The molecule has 2 aliphatic heterocycles. The molecular weight excluding hydrogens is 450 g/mol. The number of aromatic nitrogens is 1. The van der Waals surface area contributed by atoms with Gasteiger partial charge in [-0.15, -0.1) is 36.2 Å². The number of hydrogen-bond donors (Lipinski definition) is 1. The highest BCUT2D eigenvalue weighted by Gasteiger charge is 2.29. The van der Waals surface area contributed by atoms with Gasteiger partial charge in [-0.2, -0.15) is 11.8 Å². The van der Waals surface area contributed by atoms with E-state index in [1.165, 1.54) is 10.9 Å². The number of nitrogens with zero attached hydrogens (tertiary/aromatic N) is 3. The van der Waals surface area contributed by atoms with Crippen LogP contribution in [-0.2, 0) is 0 Å². The largest absolute Gasteiger partial charge is 0.366 e. The van der Waals surface area contributed by atoms with E-state index in [0.717, 1.165) is 53.4 Å². The smallest absolute Gasteiger partial charge is 0.135 e. The number of thiophene rings is 1. The Bertz CT molecular complexity index is 966. The van der Waals surface area contributed by atoms with Crippen molar-refractivity contribution in [2.24, 2.45) is 0 Å². The quantitative estimate of drug-likeness (QED) is 0.732. The number of rotatable bonds is 4. The molecule has 2 aliphatic rings. The topological polar surface area (TPSA) is 31.4 Å². The van der Waals surface area contributed by atoms with Gasteiger partial charge in [-0.3, -0.25) is 9.88 Å². The number of nitrogens with one attached hydrogen (secondary N) is 1. The first-order chi connectivity index (χ1) is 13.1. The molecule has 160 valence electrons. The predicted octanol–water partition coefficient (Wildman–Crippen LogP) is 3.12. The van der Waals surface area contributed by atoms with E-state index in [2.05, 4.69) is 46.4 Å². The third-order valence-corrected chi connectivity index (χ3v) is 6.99. The summed E-state index contributed by atoms with van der Waals surface area (Å²) in [6.45, 7) is 4.98. The highest BCUT2D eigenvalue weighted by molar-refractivity contribution is 7.98. The molecular formula is C20H27Cl2FN4S2. The Morgan fingerprint density at radius 3 is 2.90 bits per heavy atom. The second-order valence-corrected chi connectivity index (χ2v) is 9.40. The minimum Gasteiger partial charge on any atom is -0.366 e. The van der Waals surface area contributed by atoms with Crippen molar-refractivity contribution < 1.29 is 4.39 Å². The summed E-state index contributed by atoms with van der Waals surface area (Å²) >= 11 is 3.60. The molecule has 0 radical (unpaired) electrons. The number of likely N-dealkylation sites (N-methyl/N-ethyl adjacent to an activating group) is 1. The third-order valence-electron chi connectivity index (χ3n) is 5.37. The summed E-state index contributed by atoms with van der Waals surface area (Å²) < 4.78 is 14.6. The van der Waals surface area contributed by atoms with Crippen LogP contribution in [0, 0.1) is 12.7 Å². The molecule has 9 heteroatoms. The first-order valence-corrected chi connectivity index (χ1v) is 11.5. The van der Waals surface area contributed by atoms with Gasteiger partial charge in [0.25, 0.3) is 0 Å². The van der Waals surface area contributed by atoms with Crippen molar-refractivity contribution in [1.29, 1.82) is 0 Å². The molecule has 29 heavy (non-hydrogen) atoms. The van der Waals surface area contributed by atoms with Gasteiger partial charge in [-0.1, -0.05) is 0 Å². The normalized spacial score (nSPS) is 18.4. The van der Waals surface area contributed by atoms with E-state index in [1.807, 2.05) is 11.8 Å². The number of aryl methyl sites for hydroxylation is 1. The molecule has 2 aromatic heterocycles. The summed E-state index contributed by atoms with van der Waals surface area (Å²) in [5.41, 5.74) is 2.20. The molecule has 1 fully saturated rings. The molecule has 0 aliphatic carbocycles. The Kier molecular flexibility index (Phi) is 8.67. The average molecular weight is 478 g/mol. The number of piperazine rings is 1. The van der Waals surface area contributed by atoms with Gasteiger partial charge in [0.2, 0.25) is 0 Å². The van der Waals surface area contributed by atoms with Crippen LogP contribution in [0.25, 0.3) is 11.9 Å². The first kappa shape index (κ1) is 24.3. The van der Waals surface area contributed by atoms with E-state index in [4.69, 9.17) is 0 Å². The summed E-state index contributed by atoms with van der Waals surface area (Å²) in [4.78, 5) is 10.7. The highest BCUT2D eigenvalue weighted by atomic mass is 35.5. The van der Waals surface area contributed by atoms with Crippen molar-refractivity contribution >= 4 is 64.8 Å². The monoisotopic (exact) mass is 476 g/mol. The zero-order chi connectivity index (χ0) is 19.0. The Balaban J connectivity index is 0.00000150. The molecule has 0 amide bonds. The fourth-order valence-electron chi connectivity index (χ4n) is 3.87. The molecule has 1 atom stereocenters. The van der Waals surface area contributed by atoms with E-state index in [1.54, 1.807) is 23.7 Å². The first-order valence-electron chi connectivity index (χ1n) is 9.25. The standard InChI is InChI=1S/C20H25FN4S2.2ClH/c1-13-10-15-19(25-8-7-24(2)14(12-25)5-9-26-3)18-16(11-23-20(15)27-13)17(21)4-6-22-18;;/h4,6,10-11,14,23H,5,7-9,12H2,1-3H3;2*1H. The maximum Gasteiger partial charge on any atom is 0.135 e. The number of anilines is 1. The third kappa shape index (κ3) is 4.85. The highest BCUT2D eigenvalue weighted by Crippen LogP contribution is 2.35. The number of fused-ring (bicyclic) bond motifs is 2. The van der Waals surface area contributed by atoms with Crippen LogP contribution in [0.4, 0.5) is 9.39 Å². The van der Waals surface area contributed by atoms with Crippen molar-refractivity contribution in [3.05, 3.63) is 45.2 Å².